The monoisotopic (exact) mass is 350 g/mol. The van der Waals surface area contributed by atoms with Gasteiger partial charge in [-0.3, -0.25) is 4.79 Å². The van der Waals surface area contributed by atoms with E-state index in [-0.39, 0.29) is 5.91 Å². The van der Waals surface area contributed by atoms with Crippen LogP contribution in [0.4, 0.5) is 11.4 Å². The average molecular weight is 351 g/mol. The molecular formula is C17H19ClN2O2S. The second-order valence-electron chi connectivity index (χ2n) is 5.36. The van der Waals surface area contributed by atoms with Crippen molar-refractivity contribution in [2.75, 3.05) is 36.5 Å². The second kappa shape index (κ2) is 7.81. The Kier molecular flexibility index (Phi) is 5.54. The number of thiophene rings is 1. The highest BCUT2D eigenvalue weighted by molar-refractivity contribution is 7.09. The van der Waals surface area contributed by atoms with Gasteiger partial charge in [0, 0.05) is 24.4 Å². The first-order valence-corrected chi connectivity index (χ1v) is 8.93. The highest BCUT2D eigenvalue weighted by Gasteiger charge is 2.19. The summed E-state index contributed by atoms with van der Waals surface area (Å²) in [5.41, 5.74) is 1.66. The molecule has 1 fully saturated rings. The van der Waals surface area contributed by atoms with Crippen LogP contribution in [0.25, 0.3) is 0 Å². The number of rotatable bonds is 5. The zero-order valence-electron chi connectivity index (χ0n) is 12.8. The number of ether oxygens (including phenoxy) is 1. The minimum absolute atomic E-state index is 0.00942. The number of aryl methyl sites for hydroxylation is 1. The predicted molar refractivity (Wildman–Crippen MR) is 95.8 cm³/mol. The van der Waals surface area contributed by atoms with Crippen molar-refractivity contribution in [1.82, 2.24) is 0 Å². The molecule has 1 saturated heterocycles. The van der Waals surface area contributed by atoms with Gasteiger partial charge in [-0.05, 0) is 30.0 Å². The van der Waals surface area contributed by atoms with E-state index in [2.05, 4.69) is 16.3 Å². The van der Waals surface area contributed by atoms with E-state index >= 15 is 0 Å². The summed E-state index contributed by atoms with van der Waals surface area (Å²) in [7, 11) is 0. The zero-order valence-corrected chi connectivity index (χ0v) is 14.3. The number of para-hydroxylation sites is 1. The van der Waals surface area contributed by atoms with Crippen molar-refractivity contribution in [3.63, 3.8) is 0 Å². The molecule has 0 unspecified atom stereocenters. The fourth-order valence-electron chi connectivity index (χ4n) is 2.63. The summed E-state index contributed by atoms with van der Waals surface area (Å²) in [4.78, 5) is 15.7. The van der Waals surface area contributed by atoms with E-state index in [0.29, 0.717) is 24.7 Å². The maximum Gasteiger partial charge on any atom is 0.224 e. The molecule has 0 bridgehead atoms. The minimum atomic E-state index is 0.00942. The lowest BCUT2D eigenvalue weighted by molar-refractivity contribution is -0.116. The molecule has 6 heteroatoms. The number of halogens is 1. The number of carbonyl (C=O) groups excluding carboxylic acids is 1. The predicted octanol–water partition coefficient (Wildman–Crippen LogP) is 3.81. The fraction of sp³-hybridized carbons (Fsp3) is 0.353. The Bertz CT molecular complexity index is 655. The van der Waals surface area contributed by atoms with E-state index in [1.54, 1.807) is 11.3 Å². The van der Waals surface area contributed by atoms with Crippen LogP contribution in [0.5, 0.6) is 0 Å². The third-order valence-electron chi connectivity index (χ3n) is 3.77. The van der Waals surface area contributed by atoms with Crippen LogP contribution in [0, 0.1) is 0 Å². The number of nitrogens with one attached hydrogen (secondary N) is 1. The van der Waals surface area contributed by atoms with Gasteiger partial charge < -0.3 is 15.0 Å². The average Bonchev–Trinajstić information content (AvgIpc) is 3.07. The van der Waals surface area contributed by atoms with Crippen molar-refractivity contribution in [3.05, 3.63) is 45.6 Å². The molecule has 23 heavy (non-hydrogen) atoms. The third-order valence-corrected chi connectivity index (χ3v) is 5.01. The van der Waals surface area contributed by atoms with Gasteiger partial charge in [0.25, 0.3) is 0 Å². The van der Waals surface area contributed by atoms with Crippen LogP contribution in [0.1, 0.15) is 11.3 Å². The fourth-order valence-corrected chi connectivity index (χ4v) is 3.63. The number of hydrogen-bond donors (Lipinski definition) is 1. The van der Waals surface area contributed by atoms with Gasteiger partial charge in [-0.15, -0.1) is 11.3 Å². The molecule has 1 aromatic heterocycles. The van der Waals surface area contributed by atoms with Gasteiger partial charge in [0.05, 0.1) is 29.6 Å². The maximum absolute atomic E-state index is 12.3. The van der Waals surface area contributed by atoms with Gasteiger partial charge in [0.1, 0.15) is 0 Å². The Labute approximate surface area is 145 Å². The molecule has 0 aliphatic carbocycles. The quantitative estimate of drug-likeness (QED) is 0.891. The maximum atomic E-state index is 12.3. The summed E-state index contributed by atoms with van der Waals surface area (Å²) >= 11 is 8.05. The molecule has 4 nitrogen and oxygen atoms in total. The Morgan fingerprint density at radius 2 is 2.09 bits per heavy atom. The molecule has 1 N–H and O–H groups in total. The van der Waals surface area contributed by atoms with Gasteiger partial charge in [-0.25, -0.2) is 0 Å². The van der Waals surface area contributed by atoms with Crippen molar-refractivity contribution < 1.29 is 9.53 Å². The summed E-state index contributed by atoms with van der Waals surface area (Å²) in [5, 5.41) is 5.69. The number of hydrogen-bond acceptors (Lipinski definition) is 4. The summed E-state index contributed by atoms with van der Waals surface area (Å²) in [6.07, 6.45) is 1.23. The normalized spacial score (nSPS) is 14.7. The summed E-state index contributed by atoms with van der Waals surface area (Å²) in [5.74, 6) is 0.00942. The van der Waals surface area contributed by atoms with Crippen molar-refractivity contribution in [2.45, 2.75) is 12.8 Å². The van der Waals surface area contributed by atoms with E-state index in [1.165, 1.54) is 4.88 Å². The van der Waals surface area contributed by atoms with Crippen LogP contribution >= 0.6 is 22.9 Å². The third kappa shape index (κ3) is 4.25. The molecule has 122 valence electrons. The Morgan fingerprint density at radius 3 is 2.83 bits per heavy atom. The molecule has 1 aromatic carbocycles. The molecule has 0 spiro atoms. The Balaban J connectivity index is 1.69. The number of carbonyl (C=O) groups is 1. The molecule has 2 heterocycles. The lowest BCUT2D eigenvalue weighted by Gasteiger charge is -2.31. The highest BCUT2D eigenvalue weighted by atomic mass is 35.5. The van der Waals surface area contributed by atoms with E-state index in [4.69, 9.17) is 16.3 Å². The summed E-state index contributed by atoms with van der Waals surface area (Å²) < 4.78 is 5.39. The first-order valence-electron chi connectivity index (χ1n) is 7.67. The molecular weight excluding hydrogens is 332 g/mol. The molecule has 0 saturated carbocycles. The minimum Gasteiger partial charge on any atom is -0.378 e. The van der Waals surface area contributed by atoms with Gasteiger partial charge in [-0.2, -0.15) is 0 Å². The largest absolute Gasteiger partial charge is 0.378 e. The summed E-state index contributed by atoms with van der Waals surface area (Å²) in [6.45, 7) is 2.91. The van der Waals surface area contributed by atoms with Gasteiger partial charge >= 0.3 is 0 Å². The molecule has 1 amide bonds. The standard InChI is InChI=1S/C17H19ClN2O2S/c18-14-4-1-5-15(17(14)20-8-10-22-11-9-20)19-16(21)7-6-13-3-2-12-23-13/h1-5,12H,6-11H2,(H,19,21). The first-order chi connectivity index (χ1) is 11.2. The van der Waals surface area contributed by atoms with Crippen LogP contribution in [0.15, 0.2) is 35.7 Å². The molecule has 0 atom stereocenters. The molecule has 2 aromatic rings. The number of nitrogens with zero attached hydrogens (tertiary/aromatic N) is 1. The lowest BCUT2D eigenvalue weighted by Crippen LogP contribution is -2.37. The van der Waals surface area contributed by atoms with Crippen LogP contribution < -0.4 is 10.2 Å². The van der Waals surface area contributed by atoms with Crippen molar-refractivity contribution in [2.24, 2.45) is 0 Å². The Morgan fingerprint density at radius 1 is 1.26 bits per heavy atom. The molecule has 3 rings (SSSR count). The van der Waals surface area contributed by atoms with Crippen LogP contribution in [-0.4, -0.2) is 32.2 Å². The molecule has 1 aliphatic rings. The topological polar surface area (TPSA) is 41.6 Å². The Hall–Kier alpha value is -1.56. The second-order valence-corrected chi connectivity index (χ2v) is 6.80. The SMILES string of the molecule is O=C(CCc1cccs1)Nc1cccc(Cl)c1N1CCOCC1. The van der Waals surface area contributed by atoms with E-state index < -0.39 is 0 Å². The van der Waals surface area contributed by atoms with Crippen LogP contribution in [0.3, 0.4) is 0 Å². The molecule has 1 aliphatic heterocycles. The van der Waals surface area contributed by atoms with Gasteiger partial charge in [0.2, 0.25) is 5.91 Å². The van der Waals surface area contributed by atoms with Gasteiger partial charge in [-0.1, -0.05) is 23.7 Å². The number of benzene rings is 1. The van der Waals surface area contributed by atoms with Crippen molar-refractivity contribution >= 4 is 40.2 Å². The summed E-state index contributed by atoms with van der Waals surface area (Å²) in [6, 6.07) is 9.68. The number of anilines is 2. The van der Waals surface area contributed by atoms with E-state index in [9.17, 15) is 4.79 Å². The van der Waals surface area contributed by atoms with Crippen molar-refractivity contribution in [3.8, 4) is 0 Å². The van der Waals surface area contributed by atoms with E-state index in [1.807, 2.05) is 29.6 Å². The number of morpholine rings is 1. The van der Waals surface area contributed by atoms with Gasteiger partial charge in [0.15, 0.2) is 0 Å². The van der Waals surface area contributed by atoms with Crippen LogP contribution in [-0.2, 0) is 16.0 Å². The number of amides is 1. The lowest BCUT2D eigenvalue weighted by atomic mass is 10.2. The van der Waals surface area contributed by atoms with E-state index in [0.717, 1.165) is 30.9 Å². The molecule has 0 radical (unpaired) electrons. The van der Waals surface area contributed by atoms with Crippen molar-refractivity contribution in [1.29, 1.82) is 0 Å². The highest BCUT2D eigenvalue weighted by Crippen LogP contribution is 2.34. The first kappa shape index (κ1) is 16.3. The van der Waals surface area contributed by atoms with Crippen LogP contribution in [0.2, 0.25) is 5.02 Å². The smallest absolute Gasteiger partial charge is 0.224 e. The zero-order chi connectivity index (χ0) is 16.1.